The number of para-hydroxylation sites is 1. The van der Waals surface area contributed by atoms with E-state index in [1.807, 2.05) is 39.0 Å². The Hall–Kier alpha value is -2.27. The summed E-state index contributed by atoms with van der Waals surface area (Å²) in [4.78, 5) is 11.0. The van der Waals surface area contributed by atoms with Gasteiger partial charge >= 0.3 is 5.97 Å². The summed E-state index contributed by atoms with van der Waals surface area (Å²) in [7, 11) is 0. The summed E-state index contributed by atoms with van der Waals surface area (Å²) < 4.78 is 5.71. The van der Waals surface area contributed by atoms with E-state index in [1.54, 1.807) is 12.2 Å². The number of carboxylic acids is 1. The Morgan fingerprint density at radius 2 is 2.00 bits per heavy atom. The average Bonchev–Trinajstić information content (AvgIpc) is 2.46. The molecule has 2 unspecified atom stereocenters. The third-order valence-corrected chi connectivity index (χ3v) is 3.91. The molecule has 0 aromatic heterocycles. The molecule has 23 heavy (non-hydrogen) atoms. The maximum atomic E-state index is 11.0. The Balaban J connectivity index is 1.93. The molecule has 0 saturated heterocycles. The van der Waals surface area contributed by atoms with Crippen molar-refractivity contribution in [3.05, 3.63) is 52.7 Å². The van der Waals surface area contributed by atoms with Crippen molar-refractivity contribution in [1.29, 1.82) is 0 Å². The van der Waals surface area contributed by atoms with Gasteiger partial charge in [-0.1, -0.05) is 25.1 Å². The van der Waals surface area contributed by atoms with Crippen LogP contribution in [0.4, 0.5) is 0 Å². The molecule has 0 amide bonds. The standard InChI is InChI=1S/C18H23NO4/c1-11-5-4-6-12(2)17(11)23-10-16(20)19-14-7-8-15(18(21)22)13(3)9-14/h4-8,13,16,19-20H,9-10H2,1-3H3,(H,21,22). The SMILES string of the molecule is Cc1cccc(C)c1OCC(O)NC1=CC=C(C(=O)O)C(C)C1. The molecular weight excluding hydrogens is 294 g/mol. The van der Waals surface area contributed by atoms with E-state index < -0.39 is 12.2 Å². The molecule has 2 rings (SSSR count). The van der Waals surface area contributed by atoms with E-state index in [2.05, 4.69) is 5.32 Å². The van der Waals surface area contributed by atoms with E-state index in [-0.39, 0.29) is 12.5 Å². The lowest BCUT2D eigenvalue weighted by atomic mass is 9.91. The van der Waals surface area contributed by atoms with Crippen molar-refractivity contribution in [2.24, 2.45) is 5.92 Å². The minimum atomic E-state index is -0.897. The van der Waals surface area contributed by atoms with Crippen LogP contribution in [-0.4, -0.2) is 29.0 Å². The lowest BCUT2D eigenvalue weighted by Crippen LogP contribution is -2.35. The molecule has 0 bridgehead atoms. The van der Waals surface area contributed by atoms with Crippen LogP contribution in [0.2, 0.25) is 0 Å². The maximum absolute atomic E-state index is 11.0. The van der Waals surface area contributed by atoms with Crippen LogP contribution in [0.5, 0.6) is 5.75 Å². The largest absolute Gasteiger partial charge is 0.488 e. The molecule has 1 aromatic carbocycles. The first-order valence-corrected chi connectivity index (χ1v) is 7.66. The number of allylic oxidation sites excluding steroid dienone is 3. The molecule has 0 spiro atoms. The highest BCUT2D eigenvalue weighted by Gasteiger charge is 2.21. The number of aliphatic hydroxyl groups excluding tert-OH is 1. The minimum Gasteiger partial charge on any atom is -0.488 e. The lowest BCUT2D eigenvalue weighted by Gasteiger charge is -2.23. The van der Waals surface area contributed by atoms with Gasteiger partial charge in [-0.2, -0.15) is 0 Å². The van der Waals surface area contributed by atoms with Gasteiger partial charge in [0.2, 0.25) is 0 Å². The number of hydrogen-bond acceptors (Lipinski definition) is 4. The van der Waals surface area contributed by atoms with Crippen LogP contribution in [0.1, 0.15) is 24.5 Å². The molecule has 0 radical (unpaired) electrons. The predicted molar refractivity (Wildman–Crippen MR) is 88.1 cm³/mol. The zero-order valence-corrected chi connectivity index (χ0v) is 13.7. The normalized spacial score (nSPS) is 18.7. The van der Waals surface area contributed by atoms with Crippen LogP contribution < -0.4 is 10.1 Å². The lowest BCUT2D eigenvalue weighted by molar-refractivity contribution is -0.133. The Morgan fingerprint density at radius 3 is 2.57 bits per heavy atom. The monoisotopic (exact) mass is 317 g/mol. The van der Waals surface area contributed by atoms with Gasteiger partial charge in [0.25, 0.3) is 0 Å². The van der Waals surface area contributed by atoms with Crippen LogP contribution in [0.15, 0.2) is 41.6 Å². The van der Waals surface area contributed by atoms with Gasteiger partial charge in [0, 0.05) is 11.3 Å². The van der Waals surface area contributed by atoms with E-state index in [0.717, 1.165) is 22.6 Å². The van der Waals surface area contributed by atoms with Crippen molar-refractivity contribution in [2.45, 2.75) is 33.4 Å². The summed E-state index contributed by atoms with van der Waals surface area (Å²) in [6.07, 6.45) is 2.98. The van der Waals surface area contributed by atoms with Gasteiger partial charge in [-0.25, -0.2) is 4.79 Å². The van der Waals surface area contributed by atoms with Crippen molar-refractivity contribution in [1.82, 2.24) is 5.32 Å². The number of hydrogen-bond donors (Lipinski definition) is 3. The molecule has 0 fully saturated rings. The smallest absolute Gasteiger partial charge is 0.331 e. The topological polar surface area (TPSA) is 78.8 Å². The summed E-state index contributed by atoms with van der Waals surface area (Å²) in [5.41, 5.74) is 3.24. The number of benzene rings is 1. The fourth-order valence-corrected chi connectivity index (χ4v) is 2.70. The molecule has 0 heterocycles. The molecule has 1 aromatic rings. The molecule has 5 nitrogen and oxygen atoms in total. The zero-order chi connectivity index (χ0) is 17.0. The number of carbonyl (C=O) groups is 1. The average molecular weight is 317 g/mol. The number of ether oxygens (including phenoxy) is 1. The maximum Gasteiger partial charge on any atom is 0.331 e. The third kappa shape index (κ3) is 4.36. The molecule has 0 saturated carbocycles. The van der Waals surface area contributed by atoms with Crippen LogP contribution in [0.3, 0.4) is 0 Å². The summed E-state index contributed by atoms with van der Waals surface area (Å²) in [6.45, 7) is 5.90. The van der Waals surface area contributed by atoms with E-state index in [1.165, 1.54) is 0 Å². The Kier molecular flexibility index (Phi) is 5.45. The predicted octanol–water partition coefficient (Wildman–Crippen LogP) is 2.52. The molecule has 5 heteroatoms. The summed E-state index contributed by atoms with van der Waals surface area (Å²) in [5.74, 6) is -0.203. The summed E-state index contributed by atoms with van der Waals surface area (Å²) in [6, 6.07) is 5.89. The fraction of sp³-hybridized carbons (Fsp3) is 0.389. The Labute approximate surface area is 136 Å². The minimum absolute atomic E-state index is 0.0910. The third-order valence-electron chi connectivity index (χ3n) is 3.91. The van der Waals surface area contributed by atoms with Crippen LogP contribution in [0, 0.1) is 19.8 Å². The van der Waals surface area contributed by atoms with Crippen molar-refractivity contribution >= 4 is 5.97 Å². The summed E-state index contributed by atoms with van der Waals surface area (Å²) in [5, 5.41) is 22.1. The molecular formula is C18H23NO4. The molecule has 3 N–H and O–H groups in total. The molecule has 0 aliphatic heterocycles. The van der Waals surface area contributed by atoms with Gasteiger partial charge in [-0.3, -0.25) is 0 Å². The number of aliphatic carboxylic acids is 1. The molecule has 124 valence electrons. The van der Waals surface area contributed by atoms with Gasteiger partial charge in [-0.05, 0) is 49.5 Å². The highest BCUT2D eigenvalue weighted by molar-refractivity contribution is 5.87. The quantitative estimate of drug-likeness (QED) is 0.703. The van der Waals surface area contributed by atoms with Crippen LogP contribution >= 0.6 is 0 Å². The Morgan fingerprint density at radius 1 is 1.35 bits per heavy atom. The molecule has 2 atom stereocenters. The highest BCUT2D eigenvalue weighted by atomic mass is 16.5. The molecule has 1 aliphatic rings. The van der Waals surface area contributed by atoms with Gasteiger partial charge in [0.05, 0.1) is 0 Å². The first-order valence-electron chi connectivity index (χ1n) is 7.66. The van der Waals surface area contributed by atoms with Crippen molar-refractivity contribution in [3.63, 3.8) is 0 Å². The number of aryl methyl sites for hydroxylation is 2. The number of carboxylic acid groups (broad SMARTS) is 1. The van der Waals surface area contributed by atoms with Crippen molar-refractivity contribution in [3.8, 4) is 5.75 Å². The van der Waals surface area contributed by atoms with Gasteiger partial charge < -0.3 is 20.3 Å². The van der Waals surface area contributed by atoms with Gasteiger partial charge in [0.15, 0.2) is 6.23 Å². The van der Waals surface area contributed by atoms with E-state index >= 15 is 0 Å². The first kappa shape index (κ1) is 17.1. The van der Waals surface area contributed by atoms with Gasteiger partial charge in [0.1, 0.15) is 12.4 Å². The second-order valence-electron chi connectivity index (χ2n) is 5.92. The number of aliphatic hydroxyl groups is 1. The van der Waals surface area contributed by atoms with E-state index in [9.17, 15) is 9.90 Å². The Bertz CT molecular complexity index is 628. The first-order chi connectivity index (χ1) is 10.9. The summed E-state index contributed by atoms with van der Waals surface area (Å²) >= 11 is 0. The zero-order valence-electron chi connectivity index (χ0n) is 13.7. The molecule has 1 aliphatic carbocycles. The second kappa shape index (κ2) is 7.33. The number of nitrogens with one attached hydrogen (secondary N) is 1. The second-order valence-corrected chi connectivity index (χ2v) is 5.92. The van der Waals surface area contributed by atoms with Crippen molar-refractivity contribution in [2.75, 3.05) is 6.61 Å². The fourth-order valence-electron chi connectivity index (χ4n) is 2.70. The van der Waals surface area contributed by atoms with E-state index in [4.69, 9.17) is 9.84 Å². The van der Waals surface area contributed by atoms with Crippen LogP contribution in [0.25, 0.3) is 0 Å². The van der Waals surface area contributed by atoms with Crippen molar-refractivity contribution < 1.29 is 19.7 Å². The van der Waals surface area contributed by atoms with Crippen LogP contribution in [-0.2, 0) is 4.79 Å². The number of rotatable bonds is 6. The van der Waals surface area contributed by atoms with E-state index in [0.29, 0.717) is 12.0 Å². The highest BCUT2D eigenvalue weighted by Crippen LogP contribution is 2.24. The van der Waals surface area contributed by atoms with Gasteiger partial charge in [-0.15, -0.1) is 0 Å².